The van der Waals surface area contributed by atoms with E-state index in [0.29, 0.717) is 16.3 Å². The van der Waals surface area contributed by atoms with E-state index < -0.39 is 0 Å². The van der Waals surface area contributed by atoms with Gasteiger partial charge in [-0.15, -0.1) is 0 Å². The smallest absolute Gasteiger partial charge is 0.194 e. The fraction of sp³-hybridized carbons (Fsp3) is 0. The van der Waals surface area contributed by atoms with Crippen LogP contribution in [0.3, 0.4) is 0 Å². The summed E-state index contributed by atoms with van der Waals surface area (Å²) in [5, 5.41) is 4.06. The largest absolute Gasteiger partial charge is 0.289 e. The van der Waals surface area contributed by atoms with Gasteiger partial charge < -0.3 is 0 Å². The summed E-state index contributed by atoms with van der Waals surface area (Å²) >= 11 is 6.25. The molecule has 0 spiro atoms. The highest BCUT2D eigenvalue weighted by Gasteiger charge is 2.27. The highest BCUT2D eigenvalue weighted by atomic mass is 35.5. The molecule has 0 saturated carbocycles. The van der Waals surface area contributed by atoms with Crippen molar-refractivity contribution in [1.82, 2.24) is 9.97 Å². The van der Waals surface area contributed by atoms with Crippen molar-refractivity contribution in [2.75, 3.05) is 0 Å². The first kappa shape index (κ1) is 12.7. The van der Waals surface area contributed by atoms with Gasteiger partial charge in [0.1, 0.15) is 5.15 Å². The standard InChI is InChI=1S/C19H9ClN2O/c20-19-14-9-15-16-11(10(14)5-8-22-19)6-7-21-17(16)12-3-1-2-4-13(12)18(15)23/h1-9H. The Morgan fingerprint density at radius 3 is 2.39 bits per heavy atom. The highest BCUT2D eigenvalue weighted by Crippen LogP contribution is 2.41. The molecule has 0 radical (unpaired) electrons. The third-order valence-electron chi connectivity index (χ3n) is 4.41. The summed E-state index contributed by atoms with van der Waals surface area (Å²) in [7, 11) is 0. The Labute approximate surface area is 136 Å². The Morgan fingerprint density at radius 1 is 0.783 bits per heavy atom. The number of pyridine rings is 2. The van der Waals surface area contributed by atoms with Crippen LogP contribution in [0.2, 0.25) is 5.15 Å². The van der Waals surface area contributed by atoms with Gasteiger partial charge in [0.05, 0.1) is 5.69 Å². The van der Waals surface area contributed by atoms with Crippen LogP contribution in [0.1, 0.15) is 15.9 Å². The van der Waals surface area contributed by atoms with Gasteiger partial charge in [0.15, 0.2) is 5.78 Å². The Bertz CT molecular complexity index is 1150. The first-order chi connectivity index (χ1) is 11.3. The number of carbonyl (C=O) groups is 1. The average molecular weight is 317 g/mol. The monoisotopic (exact) mass is 316 g/mol. The maximum atomic E-state index is 13.0. The molecule has 1 aliphatic rings. The normalized spacial score (nSPS) is 12.7. The van der Waals surface area contributed by atoms with Crippen LogP contribution < -0.4 is 0 Å². The van der Waals surface area contributed by atoms with Gasteiger partial charge in [-0.2, -0.15) is 0 Å². The molecule has 2 heterocycles. The summed E-state index contributed by atoms with van der Waals surface area (Å²) < 4.78 is 0. The highest BCUT2D eigenvalue weighted by molar-refractivity contribution is 6.37. The summed E-state index contributed by atoms with van der Waals surface area (Å²) in [6, 6.07) is 13.3. The zero-order valence-corrected chi connectivity index (χ0v) is 12.6. The van der Waals surface area contributed by atoms with Crippen LogP contribution in [0.15, 0.2) is 54.9 Å². The van der Waals surface area contributed by atoms with E-state index in [1.807, 2.05) is 42.5 Å². The van der Waals surface area contributed by atoms with Gasteiger partial charge in [0.25, 0.3) is 0 Å². The van der Waals surface area contributed by atoms with Gasteiger partial charge in [-0.05, 0) is 29.0 Å². The number of benzene rings is 2. The molecule has 0 unspecified atom stereocenters. The zero-order valence-electron chi connectivity index (χ0n) is 11.9. The molecule has 3 nitrogen and oxygen atoms in total. The lowest BCUT2D eigenvalue weighted by Crippen LogP contribution is -2.11. The lowest BCUT2D eigenvalue weighted by molar-refractivity contribution is 0.104. The Balaban J connectivity index is 2.09. The van der Waals surface area contributed by atoms with Crippen molar-refractivity contribution < 1.29 is 4.79 Å². The SMILES string of the molecule is O=C1c2ccccc2-c2nccc3c2c1cc1c(Cl)nccc13. The first-order valence-corrected chi connectivity index (χ1v) is 7.63. The second-order valence-electron chi connectivity index (χ2n) is 5.58. The maximum absolute atomic E-state index is 13.0. The van der Waals surface area contributed by atoms with Crippen molar-refractivity contribution in [3.8, 4) is 11.3 Å². The number of aromatic nitrogens is 2. The van der Waals surface area contributed by atoms with Gasteiger partial charge in [-0.25, -0.2) is 4.98 Å². The van der Waals surface area contributed by atoms with Crippen LogP contribution in [-0.2, 0) is 0 Å². The molecule has 0 aliphatic heterocycles. The summed E-state index contributed by atoms with van der Waals surface area (Å²) in [5.41, 5.74) is 3.06. The number of hydrogen-bond donors (Lipinski definition) is 0. The number of halogens is 1. The number of carbonyl (C=O) groups excluding carboxylic acids is 1. The molecular formula is C19H9ClN2O. The molecule has 2 aromatic carbocycles. The van der Waals surface area contributed by atoms with Crippen LogP contribution in [0, 0.1) is 0 Å². The maximum Gasteiger partial charge on any atom is 0.194 e. The van der Waals surface area contributed by atoms with E-state index in [-0.39, 0.29) is 5.78 Å². The molecule has 4 heteroatoms. The van der Waals surface area contributed by atoms with Gasteiger partial charge in [0, 0.05) is 39.9 Å². The number of hydrogen-bond acceptors (Lipinski definition) is 3. The third kappa shape index (κ3) is 1.57. The Hall–Kier alpha value is -2.78. The number of rotatable bonds is 0. The van der Waals surface area contributed by atoms with E-state index in [2.05, 4.69) is 9.97 Å². The van der Waals surface area contributed by atoms with Crippen LogP contribution in [0.5, 0.6) is 0 Å². The molecule has 0 fully saturated rings. The van der Waals surface area contributed by atoms with Gasteiger partial charge in [-0.3, -0.25) is 9.78 Å². The van der Waals surface area contributed by atoms with E-state index in [4.69, 9.17) is 11.6 Å². The molecule has 23 heavy (non-hydrogen) atoms. The first-order valence-electron chi connectivity index (χ1n) is 7.26. The minimum Gasteiger partial charge on any atom is -0.289 e. The van der Waals surface area contributed by atoms with Crippen LogP contribution in [0.25, 0.3) is 32.8 Å². The molecule has 108 valence electrons. The Morgan fingerprint density at radius 2 is 1.52 bits per heavy atom. The van der Waals surface area contributed by atoms with E-state index in [1.165, 1.54) is 0 Å². The van der Waals surface area contributed by atoms with E-state index in [1.54, 1.807) is 12.4 Å². The molecule has 5 rings (SSSR count). The van der Waals surface area contributed by atoms with Gasteiger partial charge in [-0.1, -0.05) is 35.9 Å². The van der Waals surface area contributed by atoms with E-state index >= 15 is 0 Å². The minimum absolute atomic E-state index is 0.00733. The molecule has 0 atom stereocenters. The number of fused-ring (bicyclic) bond motifs is 4. The molecule has 1 aliphatic carbocycles. The van der Waals surface area contributed by atoms with Crippen molar-refractivity contribution in [3.63, 3.8) is 0 Å². The summed E-state index contributed by atoms with van der Waals surface area (Å²) in [4.78, 5) is 21.6. The summed E-state index contributed by atoms with van der Waals surface area (Å²) in [6.07, 6.45) is 3.47. The molecule has 0 N–H and O–H groups in total. The van der Waals surface area contributed by atoms with Gasteiger partial charge >= 0.3 is 0 Å². The number of nitrogens with zero attached hydrogens (tertiary/aromatic N) is 2. The van der Waals surface area contributed by atoms with Crippen molar-refractivity contribution in [1.29, 1.82) is 0 Å². The Kier molecular flexibility index (Phi) is 2.42. The quantitative estimate of drug-likeness (QED) is 0.308. The van der Waals surface area contributed by atoms with Crippen LogP contribution >= 0.6 is 11.6 Å². The molecule has 0 bridgehead atoms. The molecular weight excluding hydrogens is 308 g/mol. The lowest BCUT2D eigenvalue weighted by Gasteiger charge is -2.20. The van der Waals surface area contributed by atoms with Crippen molar-refractivity contribution in [3.05, 3.63) is 71.1 Å². The van der Waals surface area contributed by atoms with Gasteiger partial charge in [0.2, 0.25) is 0 Å². The van der Waals surface area contributed by atoms with Crippen LogP contribution in [0.4, 0.5) is 0 Å². The predicted molar refractivity (Wildman–Crippen MR) is 90.9 cm³/mol. The lowest BCUT2D eigenvalue weighted by atomic mass is 9.84. The minimum atomic E-state index is 0.00733. The average Bonchev–Trinajstić information content (AvgIpc) is 2.60. The van der Waals surface area contributed by atoms with Crippen molar-refractivity contribution in [2.24, 2.45) is 0 Å². The fourth-order valence-corrected chi connectivity index (χ4v) is 3.62. The second-order valence-corrected chi connectivity index (χ2v) is 5.94. The second kappa shape index (κ2) is 4.37. The fourth-order valence-electron chi connectivity index (χ4n) is 3.41. The molecule has 2 aromatic heterocycles. The van der Waals surface area contributed by atoms with E-state index in [9.17, 15) is 4.79 Å². The van der Waals surface area contributed by atoms with E-state index in [0.717, 1.165) is 32.8 Å². The zero-order chi connectivity index (χ0) is 15.6. The molecule has 0 saturated heterocycles. The molecule has 0 amide bonds. The topological polar surface area (TPSA) is 42.9 Å². The third-order valence-corrected chi connectivity index (χ3v) is 4.71. The van der Waals surface area contributed by atoms with Crippen molar-refractivity contribution >= 4 is 38.9 Å². The van der Waals surface area contributed by atoms with Crippen LogP contribution in [-0.4, -0.2) is 15.8 Å². The molecule has 4 aromatic rings. The summed E-state index contributed by atoms with van der Waals surface area (Å²) in [6.45, 7) is 0. The number of ketones is 1. The summed E-state index contributed by atoms with van der Waals surface area (Å²) in [5.74, 6) is 0.00733. The van der Waals surface area contributed by atoms with Crippen molar-refractivity contribution in [2.45, 2.75) is 0 Å². The predicted octanol–water partition coefficient (Wildman–Crippen LogP) is 4.65.